The number of nitrogens with two attached hydrogens (primary N) is 1. The lowest BCUT2D eigenvalue weighted by molar-refractivity contribution is -0.123. The number of aromatic nitrogens is 2. The Morgan fingerprint density at radius 2 is 1.87 bits per heavy atom. The summed E-state index contributed by atoms with van der Waals surface area (Å²) < 4.78 is 1.94. The molecule has 1 aromatic carbocycles. The summed E-state index contributed by atoms with van der Waals surface area (Å²) >= 11 is 0. The summed E-state index contributed by atoms with van der Waals surface area (Å²) in [6.07, 6.45) is 1.66. The molecule has 23 heavy (non-hydrogen) atoms. The van der Waals surface area contributed by atoms with Gasteiger partial charge in [0.25, 0.3) is 0 Å². The zero-order valence-electron chi connectivity index (χ0n) is 13.8. The van der Waals surface area contributed by atoms with E-state index >= 15 is 0 Å². The summed E-state index contributed by atoms with van der Waals surface area (Å²) in [5.41, 5.74) is 7.43. The second-order valence-electron chi connectivity index (χ2n) is 5.47. The number of imidazole rings is 1. The van der Waals surface area contributed by atoms with Crippen LogP contribution in [-0.4, -0.2) is 27.5 Å². The van der Waals surface area contributed by atoms with Gasteiger partial charge >= 0.3 is 0 Å². The predicted octanol–water partition coefficient (Wildman–Crippen LogP) is 2.82. The van der Waals surface area contributed by atoms with Crippen LogP contribution >= 0.6 is 24.8 Å². The lowest BCUT2D eigenvalue weighted by atomic mass is 9.93. The Morgan fingerprint density at radius 1 is 1.26 bits per heavy atom. The van der Waals surface area contributed by atoms with E-state index in [0.717, 1.165) is 29.7 Å². The van der Waals surface area contributed by atoms with E-state index in [1.165, 1.54) is 0 Å². The minimum atomic E-state index is -0.304. The molecule has 5 nitrogen and oxygen atoms in total. The number of hydrogen-bond donors (Lipinski definition) is 2. The summed E-state index contributed by atoms with van der Waals surface area (Å²) in [7, 11) is 0. The Morgan fingerprint density at radius 3 is 2.43 bits per heavy atom. The van der Waals surface area contributed by atoms with Crippen LogP contribution in [0.25, 0.3) is 11.0 Å². The topological polar surface area (TPSA) is 72.9 Å². The number of benzene rings is 1. The Kier molecular flexibility index (Phi) is 8.59. The van der Waals surface area contributed by atoms with Gasteiger partial charge in [-0.15, -0.1) is 24.8 Å². The molecule has 0 aliphatic carbocycles. The van der Waals surface area contributed by atoms with Crippen molar-refractivity contribution in [3.8, 4) is 0 Å². The van der Waals surface area contributed by atoms with Crippen molar-refractivity contribution < 1.29 is 4.79 Å². The zero-order valence-corrected chi connectivity index (χ0v) is 15.5. The number of halogens is 2. The molecule has 1 amide bonds. The molecule has 0 unspecified atom stereocenters. The van der Waals surface area contributed by atoms with Gasteiger partial charge in [0.1, 0.15) is 12.4 Å². The first-order valence-electron chi connectivity index (χ1n) is 7.48. The van der Waals surface area contributed by atoms with Crippen molar-refractivity contribution in [3.63, 3.8) is 0 Å². The maximum Gasteiger partial charge on any atom is 0.240 e. The van der Waals surface area contributed by atoms with Gasteiger partial charge in [0.05, 0.1) is 16.6 Å². The zero-order chi connectivity index (χ0) is 15.5. The van der Waals surface area contributed by atoms with Crippen molar-refractivity contribution in [2.24, 2.45) is 5.73 Å². The number of aryl methyl sites for hydroxylation is 1. The van der Waals surface area contributed by atoms with Gasteiger partial charge in [0.15, 0.2) is 0 Å². The molecule has 0 bridgehead atoms. The largest absolute Gasteiger partial charge is 0.348 e. The van der Waals surface area contributed by atoms with Crippen LogP contribution in [-0.2, 0) is 11.3 Å². The van der Waals surface area contributed by atoms with Crippen LogP contribution in [0.3, 0.4) is 0 Å². The van der Waals surface area contributed by atoms with Crippen LogP contribution in [0.2, 0.25) is 0 Å². The SMILES string of the molecule is CCC(CC)(CN)NC(=O)Cn1c(C)nc2ccccc21.Cl.Cl. The lowest BCUT2D eigenvalue weighted by Crippen LogP contribution is -2.53. The highest BCUT2D eigenvalue weighted by Gasteiger charge is 2.26. The van der Waals surface area contributed by atoms with E-state index in [1.54, 1.807) is 0 Å². The summed E-state index contributed by atoms with van der Waals surface area (Å²) in [6, 6.07) is 7.85. The van der Waals surface area contributed by atoms with Crippen molar-refractivity contribution in [2.75, 3.05) is 6.54 Å². The second-order valence-corrected chi connectivity index (χ2v) is 5.47. The molecule has 0 atom stereocenters. The first kappa shape index (κ1) is 21.7. The van der Waals surface area contributed by atoms with E-state index in [4.69, 9.17) is 5.73 Å². The van der Waals surface area contributed by atoms with Crippen LogP contribution in [0.15, 0.2) is 24.3 Å². The van der Waals surface area contributed by atoms with Gasteiger partial charge in [-0.1, -0.05) is 26.0 Å². The summed E-state index contributed by atoms with van der Waals surface area (Å²) in [5.74, 6) is 0.827. The number of hydrogen-bond acceptors (Lipinski definition) is 3. The van der Waals surface area contributed by atoms with E-state index < -0.39 is 0 Å². The van der Waals surface area contributed by atoms with Crippen LogP contribution in [0.5, 0.6) is 0 Å². The smallest absolute Gasteiger partial charge is 0.240 e. The van der Waals surface area contributed by atoms with Gasteiger partial charge in [0, 0.05) is 6.54 Å². The third kappa shape index (κ3) is 4.59. The van der Waals surface area contributed by atoms with Crippen LogP contribution in [0.4, 0.5) is 0 Å². The fraction of sp³-hybridized carbons (Fsp3) is 0.500. The number of para-hydroxylation sites is 2. The van der Waals surface area contributed by atoms with Gasteiger partial charge in [-0.05, 0) is 31.9 Å². The van der Waals surface area contributed by atoms with Gasteiger partial charge in [-0.25, -0.2) is 4.98 Å². The van der Waals surface area contributed by atoms with E-state index in [-0.39, 0.29) is 42.8 Å². The van der Waals surface area contributed by atoms with Crippen molar-refractivity contribution in [3.05, 3.63) is 30.1 Å². The molecule has 3 N–H and O–H groups in total. The maximum atomic E-state index is 12.4. The van der Waals surface area contributed by atoms with Gasteiger partial charge in [-0.2, -0.15) is 0 Å². The Labute approximate surface area is 149 Å². The van der Waals surface area contributed by atoms with Crippen LogP contribution in [0.1, 0.15) is 32.5 Å². The molecule has 0 saturated heterocycles. The fourth-order valence-electron chi connectivity index (χ4n) is 2.64. The minimum Gasteiger partial charge on any atom is -0.348 e. The number of nitrogens with one attached hydrogen (secondary N) is 1. The molecule has 0 saturated carbocycles. The molecule has 130 valence electrons. The molecule has 0 aliphatic rings. The number of fused-ring (bicyclic) bond motifs is 1. The average molecular weight is 361 g/mol. The molecular weight excluding hydrogens is 335 g/mol. The fourth-order valence-corrected chi connectivity index (χ4v) is 2.64. The van der Waals surface area contributed by atoms with E-state index in [0.29, 0.717) is 6.54 Å². The molecule has 1 aromatic heterocycles. The standard InChI is InChI=1S/C16H24N4O.2ClH/c1-4-16(5-2,11-17)19-15(21)10-20-12(3)18-13-8-6-7-9-14(13)20;;/h6-9H,4-5,10-11,17H2,1-3H3,(H,19,21);2*1H. The highest BCUT2D eigenvalue weighted by atomic mass is 35.5. The number of amides is 1. The molecule has 0 fully saturated rings. The van der Waals surface area contributed by atoms with E-state index in [2.05, 4.69) is 24.1 Å². The number of carbonyl (C=O) groups is 1. The molecule has 2 aromatic rings. The van der Waals surface area contributed by atoms with Crippen LogP contribution < -0.4 is 11.1 Å². The molecule has 0 aliphatic heterocycles. The summed E-state index contributed by atoms with van der Waals surface area (Å²) in [6.45, 7) is 6.75. The molecule has 0 spiro atoms. The van der Waals surface area contributed by atoms with Crippen molar-refractivity contribution in [1.29, 1.82) is 0 Å². The lowest BCUT2D eigenvalue weighted by Gasteiger charge is -2.31. The monoisotopic (exact) mass is 360 g/mol. The number of carbonyl (C=O) groups excluding carboxylic acids is 1. The molecule has 7 heteroatoms. The molecule has 1 heterocycles. The van der Waals surface area contributed by atoms with Crippen molar-refractivity contribution in [2.45, 2.75) is 45.7 Å². The molecule has 2 rings (SSSR count). The third-order valence-corrected chi connectivity index (χ3v) is 4.30. The second kappa shape index (κ2) is 9.11. The highest BCUT2D eigenvalue weighted by molar-refractivity contribution is 5.85. The summed E-state index contributed by atoms with van der Waals surface area (Å²) in [4.78, 5) is 16.9. The molecular formula is C16H26Cl2N4O. The first-order chi connectivity index (χ1) is 10.0. The molecule has 0 radical (unpaired) electrons. The van der Waals surface area contributed by atoms with Gasteiger partial charge in [0.2, 0.25) is 5.91 Å². The normalized spacial score (nSPS) is 10.8. The van der Waals surface area contributed by atoms with Crippen molar-refractivity contribution in [1.82, 2.24) is 14.9 Å². The van der Waals surface area contributed by atoms with Gasteiger partial charge in [-0.3, -0.25) is 4.79 Å². The third-order valence-electron chi connectivity index (χ3n) is 4.30. The Balaban J connectivity index is 0.00000242. The van der Waals surface area contributed by atoms with Gasteiger partial charge < -0.3 is 15.6 Å². The highest BCUT2D eigenvalue weighted by Crippen LogP contribution is 2.16. The van der Waals surface area contributed by atoms with E-state index in [9.17, 15) is 4.79 Å². The minimum absolute atomic E-state index is 0. The first-order valence-corrected chi connectivity index (χ1v) is 7.48. The average Bonchev–Trinajstić information content (AvgIpc) is 2.81. The number of nitrogens with zero attached hydrogens (tertiary/aromatic N) is 2. The maximum absolute atomic E-state index is 12.4. The predicted molar refractivity (Wildman–Crippen MR) is 99.5 cm³/mol. The van der Waals surface area contributed by atoms with Crippen LogP contribution in [0, 0.1) is 6.92 Å². The van der Waals surface area contributed by atoms with Crippen molar-refractivity contribution >= 4 is 41.8 Å². The summed E-state index contributed by atoms with van der Waals surface area (Å²) in [5, 5.41) is 3.10. The Bertz CT molecular complexity index is 630. The quantitative estimate of drug-likeness (QED) is 0.831. The Hall–Kier alpha value is -1.30. The number of rotatable bonds is 6. The van der Waals surface area contributed by atoms with E-state index in [1.807, 2.05) is 35.8 Å².